The summed E-state index contributed by atoms with van der Waals surface area (Å²) in [6, 6.07) is 12.4. The first kappa shape index (κ1) is 21.3. The van der Waals surface area contributed by atoms with Gasteiger partial charge in [0.1, 0.15) is 4.32 Å². The minimum absolute atomic E-state index is 0.0928. The molecule has 0 saturated carbocycles. The van der Waals surface area contributed by atoms with Crippen LogP contribution in [0.5, 0.6) is 0 Å². The SMILES string of the molecule is O=C(CCN1C(=O)C(=Cc2cccc(Br)c2)SC1=S)Nc1ccc(Cl)cc1Cl. The third kappa shape index (κ3) is 5.36. The number of thiocarbonyl (C=S) groups is 1. The van der Waals surface area contributed by atoms with E-state index in [1.165, 1.54) is 16.7 Å². The Morgan fingerprint density at radius 1 is 1.25 bits per heavy atom. The van der Waals surface area contributed by atoms with Crippen LogP contribution in [0.1, 0.15) is 12.0 Å². The van der Waals surface area contributed by atoms with E-state index in [4.69, 9.17) is 35.4 Å². The topological polar surface area (TPSA) is 49.4 Å². The van der Waals surface area contributed by atoms with Crippen LogP contribution in [0.15, 0.2) is 51.8 Å². The Morgan fingerprint density at radius 3 is 2.75 bits per heavy atom. The van der Waals surface area contributed by atoms with Crippen molar-refractivity contribution in [1.82, 2.24) is 4.90 Å². The third-order valence-corrected chi connectivity index (χ3v) is 6.21. The number of halogens is 3. The molecule has 2 aromatic rings. The second-order valence-electron chi connectivity index (χ2n) is 5.81. The second-order valence-corrected chi connectivity index (χ2v) is 9.25. The van der Waals surface area contributed by atoms with E-state index in [0.29, 0.717) is 25.0 Å². The lowest BCUT2D eigenvalue weighted by Gasteiger charge is -2.14. The minimum Gasteiger partial charge on any atom is -0.325 e. The van der Waals surface area contributed by atoms with Crippen molar-refractivity contribution in [3.8, 4) is 0 Å². The van der Waals surface area contributed by atoms with Crippen molar-refractivity contribution in [2.24, 2.45) is 0 Å². The number of nitrogens with one attached hydrogen (secondary N) is 1. The predicted molar refractivity (Wildman–Crippen MR) is 124 cm³/mol. The molecule has 0 spiro atoms. The van der Waals surface area contributed by atoms with Crippen molar-refractivity contribution in [3.05, 3.63) is 67.5 Å². The van der Waals surface area contributed by atoms with Gasteiger partial charge in [-0.15, -0.1) is 0 Å². The molecule has 28 heavy (non-hydrogen) atoms. The van der Waals surface area contributed by atoms with Gasteiger partial charge in [0.2, 0.25) is 5.91 Å². The molecule has 0 radical (unpaired) electrons. The van der Waals surface area contributed by atoms with Gasteiger partial charge >= 0.3 is 0 Å². The van der Waals surface area contributed by atoms with Gasteiger partial charge < -0.3 is 5.32 Å². The molecule has 1 saturated heterocycles. The van der Waals surface area contributed by atoms with Crippen molar-refractivity contribution in [3.63, 3.8) is 0 Å². The molecule has 9 heteroatoms. The van der Waals surface area contributed by atoms with E-state index in [0.717, 1.165) is 10.0 Å². The quantitative estimate of drug-likeness (QED) is 0.392. The average molecular weight is 516 g/mol. The van der Waals surface area contributed by atoms with Crippen molar-refractivity contribution in [1.29, 1.82) is 0 Å². The maximum Gasteiger partial charge on any atom is 0.266 e. The molecule has 0 bridgehead atoms. The van der Waals surface area contributed by atoms with Crippen molar-refractivity contribution < 1.29 is 9.59 Å². The highest BCUT2D eigenvalue weighted by molar-refractivity contribution is 9.10. The molecule has 2 amide bonds. The number of amides is 2. The lowest BCUT2D eigenvalue weighted by molar-refractivity contribution is -0.122. The standard InChI is InChI=1S/C19H13BrCl2N2O2S2/c20-12-3-1-2-11(8-12)9-16-18(26)24(19(27)28-16)7-6-17(25)23-15-5-4-13(21)10-14(15)22/h1-5,8-10H,6-7H2,(H,23,25). The molecule has 1 fully saturated rings. The maximum atomic E-state index is 12.6. The van der Waals surface area contributed by atoms with Gasteiger partial charge in [0, 0.05) is 22.5 Å². The van der Waals surface area contributed by atoms with E-state index in [-0.39, 0.29) is 24.8 Å². The van der Waals surface area contributed by atoms with Crippen LogP contribution in [0.25, 0.3) is 6.08 Å². The summed E-state index contributed by atoms with van der Waals surface area (Å²) in [5.74, 6) is -0.471. The Kier molecular flexibility index (Phi) is 7.17. The molecule has 3 rings (SSSR count). The number of rotatable bonds is 5. The summed E-state index contributed by atoms with van der Waals surface area (Å²) in [6.45, 7) is 0.192. The minimum atomic E-state index is -0.269. The Bertz CT molecular complexity index is 998. The van der Waals surface area contributed by atoms with Crippen molar-refractivity contribution >= 4 is 91.0 Å². The predicted octanol–water partition coefficient (Wildman–Crippen LogP) is 5.99. The average Bonchev–Trinajstić information content (AvgIpc) is 2.89. The molecule has 1 N–H and O–H groups in total. The summed E-state index contributed by atoms with van der Waals surface area (Å²) >= 11 is 21.8. The molecule has 4 nitrogen and oxygen atoms in total. The molecule has 0 atom stereocenters. The fraction of sp³-hybridized carbons (Fsp3) is 0.105. The highest BCUT2D eigenvalue weighted by atomic mass is 79.9. The van der Waals surface area contributed by atoms with Crippen LogP contribution in [0.2, 0.25) is 10.0 Å². The monoisotopic (exact) mass is 514 g/mol. The summed E-state index contributed by atoms with van der Waals surface area (Å²) in [7, 11) is 0. The summed E-state index contributed by atoms with van der Waals surface area (Å²) in [6.07, 6.45) is 1.88. The molecule has 0 unspecified atom stereocenters. The van der Waals surface area contributed by atoms with E-state index in [1.807, 2.05) is 24.3 Å². The van der Waals surface area contributed by atoms with Gasteiger partial charge in [0.05, 0.1) is 15.6 Å². The normalized spacial score (nSPS) is 15.4. The summed E-state index contributed by atoms with van der Waals surface area (Å²) < 4.78 is 1.36. The van der Waals surface area contributed by atoms with Gasteiger partial charge in [0.15, 0.2) is 0 Å². The van der Waals surface area contributed by atoms with E-state index in [9.17, 15) is 9.59 Å². The fourth-order valence-corrected chi connectivity index (χ4v) is 4.64. The van der Waals surface area contributed by atoms with Crippen LogP contribution < -0.4 is 5.32 Å². The number of benzene rings is 2. The number of hydrogen-bond acceptors (Lipinski definition) is 4. The lowest BCUT2D eigenvalue weighted by Crippen LogP contribution is -2.31. The van der Waals surface area contributed by atoms with Crippen molar-refractivity contribution in [2.75, 3.05) is 11.9 Å². The van der Waals surface area contributed by atoms with Gasteiger partial charge in [-0.3, -0.25) is 14.5 Å². The largest absolute Gasteiger partial charge is 0.325 e. The Labute approximate surface area is 190 Å². The van der Waals surface area contributed by atoms with Crippen LogP contribution in [0.3, 0.4) is 0 Å². The van der Waals surface area contributed by atoms with Gasteiger partial charge in [0.25, 0.3) is 5.91 Å². The van der Waals surface area contributed by atoms with E-state index < -0.39 is 0 Å². The first-order chi connectivity index (χ1) is 13.3. The number of carbonyl (C=O) groups excluding carboxylic acids is 2. The Morgan fingerprint density at radius 2 is 2.04 bits per heavy atom. The second kappa shape index (κ2) is 9.41. The van der Waals surface area contributed by atoms with Crippen LogP contribution in [0, 0.1) is 0 Å². The number of carbonyl (C=O) groups is 2. The first-order valence-electron chi connectivity index (χ1n) is 8.09. The maximum absolute atomic E-state index is 12.6. The van der Waals surface area contributed by atoms with Crippen molar-refractivity contribution in [2.45, 2.75) is 6.42 Å². The molecule has 0 aromatic heterocycles. The summed E-state index contributed by atoms with van der Waals surface area (Å²) in [5, 5.41) is 3.55. The highest BCUT2D eigenvalue weighted by Gasteiger charge is 2.32. The number of hydrogen-bond donors (Lipinski definition) is 1. The molecular formula is C19H13BrCl2N2O2S2. The fourth-order valence-electron chi connectivity index (χ4n) is 2.46. The molecule has 1 aliphatic heterocycles. The first-order valence-corrected chi connectivity index (χ1v) is 10.9. The molecule has 144 valence electrons. The summed E-state index contributed by atoms with van der Waals surface area (Å²) in [5.41, 5.74) is 1.36. The van der Waals surface area contributed by atoms with E-state index in [2.05, 4.69) is 21.2 Å². The van der Waals surface area contributed by atoms with Gasteiger partial charge in [-0.2, -0.15) is 0 Å². The van der Waals surface area contributed by atoms with Crippen LogP contribution >= 0.6 is 63.1 Å². The Hall–Kier alpha value is -1.38. The molecular weight excluding hydrogens is 503 g/mol. The third-order valence-electron chi connectivity index (χ3n) is 3.79. The number of thioether (sulfide) groups is 1. The van der Waals surface area contributed by atoms with Gasteiger partial charge in [-0.05, 0) is 42.0 Å². The van der Waals surface area contributed by atoms with Gasteiger partial charge in [-0.1, -0.05) is 75.2 Å². The van der Waals surface area contributed by atoms with E-state index >= 15 is 0 Å². The van der Waals surface area contributed by atoms with Crippen LogP contribution in [-0.4, -0.2) is 27.6 Å². The smallest absolute Gasteiger partial charge is 0.266 e. The molecule has 2 aromatic carbocycles. The lowest BCUT2D eigenvalue weighted by atomic mass is 10.2. The number of anilines is 1. The number of nitrogens with zero attached hydrogens (tertiary/aromatic N) is 1. The zero-order valence-electron chi connectivity index (χ0n) is 14.2. The van der Waals surface area contributed by atoms with E-state index in [1.54, 1.807) is 24.3 Å². The molecule has 1 aliphatic rings. The van der Waals surface area contributed by atoms with Crippen LogP contribution in [0.4, 0.5) is 5.69 Å². The molecule has 1 heterocycles. The zero-order chi connectivity index (χ0) is 20.3. The highest BCUT2D eigenvalue weighted by Crippen LogP contribution is 2.33. The van der Waals surface area contributed by atoms with Crippen LogP contribution in [-0.2, 0) is 9.59 Å². The molecule has 0 aliphatic carbocycles. The summed E-state index contributed by atoms with van der Waals surface area (Å²) in [4.78, 5) is 26.8. The zero-order valence-corrected chi connectivity index (χ0v) is 19.0. The van der Waals surface area contributed by atoms with Gasteiger partial charge in [-0.25, -0.2) is 0 Å². The Balaban J connectivity index is 1.62.